The lowest BCUT2D eigenvalue weighted by Crippen LogP contribution is -2.17. The van der Waals surface area contributed by atoms with Crippen molar-refractivity contribution in [2.75, 3.05) is 20.3 Å². The van der Waals surface area contributed by atoms with Crippen molar-refractivity contribution < 1.29 is 14.3 Å². The van der Waals surface area contributed by atoms with Crippen LogP contribution in [0.2, 0.25) is 5.15 Å². The third-order valence-electron chi connectivity index (χ3n) is 4.19. The average molecular weight is 388 g/mol. The van der Waals surface area contributed by atoms with Gasteiger partial charge in [0.05, 0.1) is 0 Å². The van der Waals surface area contributed by atoms with Crippen molar-refractivity contribution in [3.05, 3.63) is 53.4 Å². The molecule has 0 fully saturated rings. The molecule has 0 saturated carbocycles. The number of halogens is 1. The zero-order valence-corrected chi connectivity index (χ0v) is 15.9. The number of amides is 1. The molecule has 0 radical (unpaired) electrons. The summed E-state index contributed by atoms with van der Waals surface area (Å²) >= 11 is 5.83. The van der Waals surface area contributed by atoms with Gasteiger partial charge in [0.15, 0.2) is 0 Å². The van der Waals surface area contributed by atoms with E-state index in [0.29, 0.717) is 30.5 Å². The maximum atomic E-state index is 11.4. The Morgan fingerprint density at radius 1 is 1.19 bits per heavy atom. The first-order valence-corrected chi connectivity index (χ1v) is 9.21. The van der Waals surface area contributed by atoms with Gasteiger partial charge in [-0.2, -0.15) is 0 Å². The maximum Gasteiger partial charge on any atom is 0.219 e. The molecule has 0 spiro atoms. The van der Waals surface area contributed by atoms with E-state index in [2.05, 4.69) is 15.3 Å². The van der Waals surface area contributed by atoms with Crippen molar-refractivity contribution in [2.45, 2.75) is 19.3 Å². The summed E-state index contributed by atoms with van der Waals surface area (Å²) in [5.41, 5.74) is 2.24. The molecular formula is C20H22ClN3O3. The Balaban J connectivity index is 1.54. The summed E-state index contributed by atoms with van der Waals surface area (Å²) < 4.78 is 11.4. The van der Waals surface area contributed by atoms with Crippen LogP contribution in [0, 0.1) is 0 Å². The number of H-pyrrole nitrogens is 1. The number of aryl methyl sites for hydroxylation is 1. The fraction of sp³-hybridized carbons (Fsp3) is 0.300. The van der Waals surface area contributed by atoms with Crippen molar-refractivity contribution in [1.82, 2.24) is 15.3 Å². The van der Waals surface area contributed by atoms with Crippen molar-refractivity contribution in [3.63, 3.8) is 0 Å². The van der Waals surface area contributed by atoms with Gasteiger partial charge in [0.25, 0.3) is 0 Å². The number of aromatic nitrogens is 2. The van der Waals surface area contributed by atoms with Crippen LogP contribution in [0.3, 0.4) is 0 Å². The van der Waals surface area contributed by atoms with Crippen molar-refractivity contribution in [2.24, 2.45) is 0 Å². The van der Waals surface area contributed by atoms with E-state index in [0.717, 1.165) is 29.5 Å². The summed E-state index contributed by atoms with van der Waals surface area (Å²) in [6.07, 6.45) is 5.76. The standard InChI is InChI=1S/C20H22ClN3O3/c1-22-20(25)4-2-3-14-13-24-18-6-5-15(11-17(14)18)26-9-10-27-16-7-8-23-19(21)12-16/h5-8,11-13,24H,2-4,9-10H2,1H3,(H,22,25). The molecule has 1 aromatic carbocycles. The first-order chi connectivity index (χ1) is 13.2. The Morgan fingerprint density at radius 3 is 2.70 bits per heavy atom. The van der Waals surface area contributed by atoms with Crippen molar-refractivity contribution >= 4 is 28.4 Å². The van der Waals surface area contributed by atoms with E-state index in [9.17, 15) is 4.79 Å². The third-order valence-corrected chi connectivity index (χ3v) is 4.39. The minimum Gasteiger partial charge on any atom is -0.490 e. The summed E-state index contributed by atoms with van der Waals surface area (Å²) in [7, 11) is 1.66. The van der Waals surface area contributed by atoms with Crippen LogP contribution in [0.5, 0.6) is 11.5 Å². The zero-order valence-electron chi connectivity index (χ0n) is 15.1. The van der Waals surface area contributed by atoms with E-state index in [1.807, 2.05) is 24.4 Å². The Kier molecular flexibility index (Phi) is 6.54. The van der Waals surface area contributed by atoms with Gasteiger partial charge in [0.2, 0.25) is 5.91 Å². The van der Waals surface area contributed by atoms with Gasteiger partial charge < -0.3 is 19.8 Å². The van der Waals surface area contributed by atoms with Gasteiger partial charge in [0.1, 0.15) is 29.9 Å². The minimum atomic E-state index is 0.0642. The molecule has 2 N–H and O–H groups in total. The van der Waals surface area contributed by atoms with Crippen LogP contribution in [0.1, 0.15) is 18.4 Å². The number of benzene rings is 1. The molecule has 0 bridgehead atoms. The van der Waals surface area contributed by atoms with E-state index in [1.54, 1.807) is 25.4 Å². The normalized spacial score (nSPS) is 10.7. The first-order valence-electron chi connectivity index (χ1n) is 8.83. The van der Waals surface area contributed by atoms with Crippen molar-refractivity contribution in [1.29, 1.82) is 0 Å². The molecule has 3 aromatic rings. The van der Waals surface area contributed by atoms with Gasteiger partial charge in [-0.15, -0.1) is 0 Å². The predicted octanol–water partition coefficient (Wildman–Crippen LogP) is 3.74. The van der Waals surface area contributed by atoms with Gasteiger partial charge in [0, 0.05) is 42.8 Å². The first kappa shape index (κ1) is 19.0. The molecule has 142 valence electrons. The van der Waals surface area contributed by atoms with Gasteiger partial charge in [-0.3, -0.25) is 4.79 Å². The molecule has 0 atom stereocenters. The van der Waals surface area contributed by atoms with Crippen LogP contribution >= 0.6 is 11.6 Å². The molecule has 3 rings (SSSR count). The molecule has 0 aliphatic carbocycles. The number of hydrogen-bond acceptors (Lipinski definition) is 4. The Labute approximate surface area is 162 Å². The number of carbonyl (C=O) groups is 1. The second kappa shape index (κ2) is 9.28. The van der Waals surface area contributed by atoms with Gasteiger partial charge in [-0.25, -0.2) is 4.98 Å². The summed E-state index contributed by atoms with van der Waals surface area (Å²) in [6, 6.07) is 9.36. The summed E-state index contributed by atoms with van der Waals surface area (Å²) in [5.74, 6) is 1.51. The molecule has 1 amide bonds. The Morgan fingerprint density at radius 2 is 1.96 bits per heavy atom. The monoisotopic (exact) mass is 387 g/mol. The molecular weight excluding hydrogens is 366 g/mol. The smallest absolute Gasteiger partial charge is 0.219 e. The lowest BCUT2D eigenvalue weighted by Gasteiger charge is -2.09. The largest absolute Gasteiger partial charge is 0.490 e. The Bertz CT molecular complexity index is 910. The number of fused-ring (bicyclic) bond motifs is 1. The highest BCUT2D eigenvalue weighted by atomic mass is 35.5. The molecule has 2 heterocycles. The molecule has 0 aliphatic rings. The number of hydrogen-bond donors (Lipinski definition) is 2. The topological polar surface area (TPSA) is 76.2 Å². The van der Waals surface area contributed by atoms with E-state index in [4.69, 9.17) is 21.1 Å². The quantitative estimate of drug-likeness (QED) is 0.433. The number of rotatable bonds is 9. The number of pyridine rings is 1. The van der Waals surface area contributed by atoms with E-state index in [-0.39, 0.29) is 5.91 Å². The number of ether oxygens (including phenoxy) is 2. The fourth-order valence-electron chi connectivity index (χ4n) is 2.81. The highest BCUT2D eigenvalue weighted by Crippen LogP contribution is 2.25. The highest BCUT2D eigenvalue weighted by molar-refractivity contribution is 6.29. The second-order valence-corrected chi connectivity index (χ2v) is 6.45. The summed E-state index contributed by atoms with van der Waals surface area (Å²) in [6.45, 7) is 0.826. The van der Waals surface area contributed by atoms with Gasteiger partial charge in [-0.05, 0) is 42.7 Å². The number of aromatic amines is 1. The summed E-state index contributed by atoms with van der Waals surface area (Å²) in [4.78, 5) is 18.5. The third kappa shape index (κ3) is 5.37. The highest BCUT2D eigenvalue weighted by Gasteiger charge is 2.07. The molecule has 6 nitrogen and oxygen atoms in total. The lowest BCUT2D eigenvalue weighted by molar-refractivity contribution is -0.120. The molecule has 2 aromatic heterocycles. The van der Waals surface area contributed by atoms with Gasteiger partial charge in [-0.1, -0.05) is 11.6 Å². The molecule has 27 heavy (non-hydrogen) atoms. The number of nitrogens with one attached hydrogen (secondary N) is 2. The molecule has 0 aliphatic heterocycles. The zero-order chi connectivity index (χ0) is 19.1. The maximum absolute atomic E-state index is 11.4. The van der Waals surface area contributed by atoms with Crippen LogP contribution in [0.25, 0.3) is 10.9 Å². The van der Waals surface area contributed by atoms with Crippen LogP contribution < -0.4 is 14.8 Å². The second-order valence-electron chi connectivity index (χ2n) is 6.06. The van der Waals surface area contributed by atoms with Crippen LogP contribution in [0.4, 0.5) is 0 Å². The SMILES string of the molecule is CNC(=O)CCCc1c[nH]c2ccc(OCCOc3ccnc(Cl)c3)cc12. The van der Waals surface area contributed by atoms with Crippen LogP contribution in [0.15, 0.2) is 42.7 Å². The fourth-order valence-corrected chi connectivity index (χ4v) is 2.98. The molecule has 0 saturated heterocycles. The molecule has 0 unspecified atom stereocenters. The number of nitrogens with zero attached hydrogens (tertiary/aromatic N) is 1. The van der Waals surface area contributed by atoms with E-state index >= 15 is 0 Å². The summed E-state index contributed by atoms with van der Waals surface area (Å²) in [5, 5.41) is 4.16. The minimum absolute atomic E-state index is 0.0642. The lowest BCUT2D eigenvalue weighted by atomic mass is 10.1. The number of carbonyl (C=O) groups excluding carboxylic acids is 1. The van der Waals surface area contributed by atoms with E-state index in [1.165, 1.54) is 5.56 Å². The predicted molar refractivity (Wildman–Crippen MR) is 106 cm³/mol. The van der Waals surface area contributed by atoms with E-state index < -0.39 is 0 Å². The molecule has 7 heteroatoms. The van der Waals surface area contributed by atoms with Crippen LogP contribution in [-0.2, 0) is 11.2 Å². The van der Waals surface area contributed by atoms with Gasteiger partial charge >= 0.3 is 0 Å². The van der Waals surface area contributed by atoms with Crippen LogP contribution in [-0.4, -0.2) is 36.1 Å². The van der Waals surface area contributed by atoms with Crippen molar-refractivity contribution in [3.8, 4) is 11.5 Å². The Hall–Kier alpha value is -2.73. The average Bonchev–Trinajstić information content (AvgIpc) is 3.07.